The predicted octanol–water partition coefficient (Wildman–Crippen LogP) is 4.58. The third-order valence-electron chi connectivity index (χ3n) is 4.37. The molecule has 1 fully saturated rings. The maximum Gasteiger partial charge on any atom is 0.124 e. The van der Waals surface area contributed by atoms with Crippen molar-refractivity contribution in [3.63, 3.8) is 0 Å². The zero-order valence-electron chi connectivity index (χ0n) is 10.9. The molecule has 18 heavy (non-hydrogen) atoms. The van der Waals surface area contributed by atoms with Crippen molar-refractivity contribution in [2.45, 2.75) is 39.2 Å². The SMILES string of the molecule is CC1CCC(C(O)c2ccc(F)cc2Cl)CC1C. The van der Waals surface area contributed by atoms with Gasteiger partial charge in [-0.25, -0.2) is 4.39 Å². The van der Waals surface area contributed by atoms with Crippen LogP contribution in [-0.4, -0.2) is 5.11 Å². The molecule has 1 N–H and O–H groups in total. The van der Waals surface area contributed by atoms with Crippen LogP contribution >= 0.6 is 11.6 Å². The molecular weight excluding hydrogens is 251 g/mol. The molecule has 1 saturated carbocycles. The fourth-order valence-electron chi connectivity index (χ4n) is 2.87. The van der Waals surface area contributed by atoms with Gasteiger partial charge in [0.2, 0.25) is 0 Å². The highest BCUT2D eigenvalue weighted by molar-refractivity contribution is 6.31. The molecule has 2 rings (SSSR count). The molecule has 0 amide bonds. The lowest BCUT2D eigenvalue weighted by Crippen LogP contribution is -2.25. The van der Waals surface area contributed by atoms with Gasteiger partial charge in [0.1, 0.15) is 5.82 Å². The van der Waals surface area contributed by atoms with E-state index in [2.05, 4.69) is 13.8 Å². The average molecular weight is 271 g/mol. The summed E-state index contributed by atoms with van der Waals surface area (Å²) in [6.45, 7) is 4.49. The number of aliphatic hydroxyl groups is 1. The lowest BCUT2D eigenvalue weighted by atomic mass is 9.73. The Labute approximate surface area is 113 Å². The number of hydrogen-bond donors (Lipinski definition) is 1. The summed E-state index contributed by atoms with van der Waals surface area (Å²) in [5, 5.41) is 10.7. The van der Waals surface area contributed by atoms with Crippen molar-refractivity contribution >= 4 is 11.6 Å². The number of hydrogen-bond acceptors (Lipinski definition) is 1. The topological polar surface area (TPSA) is 20.2 Å². The Kier molecular flexibility index (Phi) is 4.29. The van der Waals surface area contributed by atoms with Gasteiger partial charge in [-0.3, -0.25) is 0 Å². The van der Waals surface area contributed by atoms with Crippen molar-refractivity contribution in [1.82, 2.24) is 0 Å². The Morgan fingerprint density at radius 3 is 2.61 bits per heavy atom. The molecule has 4 unspecified atom stereocenters. The molecule has 0 saturated heterocycles. The normalized spacial score (nSPS) is 30.2. The molecule has 0 heterocycles. The van der Waals surface area contributed by atoms with E-state index in [9.17, 15) is 9.50 Å². The third kappa shape index (κ3) is 2.86. The molecule has 0 spiro atoms. The quantitative estimate of drug-likeness (QED) is 0.834. The summed E-state index contributed by atoms with van der Waals surface area (Å²) in [5.41, 5.74) is 0.657. The molecule has 0 bridgehead atoms. The van der Waals surface area contributed by atoms with Crippen LogP contribution in [0, 0.1) is 23.6 Å². The van der Waals surface area contributed by atoms with Gasteiger partial charge in [0, 0.05) is 5.02 Å². The molecule has 0 radical (unpaired) electrons. The van der Waals surface area contributed by atoms with Gasteiger partial charge in [-0.15, -0.1) is 0 Å². The van der Waals surface area contributed by atoms with Gasteiger partial charge in [0.15, 0.2) is 0 Å². The Morgan fingerprint density at radius 1 is 1.28 bits per heavy atom. The first-order chi connectivity index (χ1) is 8.49. The van der Waals surface area contributed by atoms with Crippen LogP contribution in [0.1, 0.15) is 44.8 Å². The predicted molar refractivity (Wildman–Crippen MR) is 72.0 cm³/mol. The molecule has 4 atom stereocenters. The highest BCUT2D eigenvalue weighted by Gasteiger charge is 2.30. The lowest BCUT2D eigenvalue weighted by Gasteiger charge is -2.35. The zero-order valence-corrected chi connectivity index (χ0v) is 11.6. The van der Waals surface area contributed by atoms with Crippen LogP contribution in [0.3, 0.4) is 0 Å². The highest BCUT2D eigenvalue weighted by Crippen LogP contribution is 2.41. The summed E-state index contributed by atoms with van der Waals surface area (Å²) in [7, 11) is 0. The van der Waals surface area contributed by atoms with Gasteiger partial charge in [-0.05, 0) is 48.3 Å². The third-order valence-corrected chi connectivity index (χ3v) is 4.69. The van der Waals surface area contributed by atoms with Crippen LogP contribution in [0.5, 0.6) is 0 Å². The van der Waals surface area contributed by atoms with Crippen molar-refractivity contribution in [1.29, 1.82) is 0 Å². The minimum atomic E-state index is -0.576. The van der Waals surface area contributed by atoms with Gasteiger partial charge in [-0.2, -0.15) is 0 Å². The van der Waals surface area contributed by atoms with Crippen molar-refractivity contribution in [3.05, 3.63) is 34.6 Å². The summed E-state index contributed by atoms with van der Waals surface area (Å²) < 4.78 is 13.0. The summed E-state index contributed by atoms with van der Waals surface area (Å²) in [4.78, 5) is 0. The van der Waals surface area contributed by atoms with E-state index in [1.54, 1.807) is 6.07 Å². The Morgan fingerprint density at radius 2 is 2.00 bits per heavy atom. The van der Waals surface area contributed by atoms with E-state index in [4.69, 9.17) is 11.6 Å². The van der Waals surface area contributed by atoms with Crippen LogP contribution in [0.2, 0.25) is 5.02 Å². The van der Waals surface area contributed by atoms with Crippen molar-refractivity contribution in [2.75, 3.05) is 0 Å². The van der Waals surface area contributed by atoms with E-state index in [1.165, 1.54) is 12.1 Å². The first-order valence-corrected chi connectivity index (χ1v) is 7.00. The van der Waals surface area contributed by atoms with Gasteiger partial charge in [0.25, 0.3) is 0 Å². The van der Waals surface area contributed by atoms with E-state index in [1.807, 2.05) is 0 Å². The number of halogens is 2. The second-order valence-corrected chi connectivity index (χ2v) is 6.05. The van der Waals surface area contributed by atoms with Crippen molar-refractivity contribution in [3.8, 4) is 0 Å². The molecule has 1 aliphatic rings. The summed E-state index contributed by atoms with van der Waals surface area (Å²) in [6.07, 6.45) is 2.59. The largest absolute Gasteiger partial charge is 0.388 e. The second kappa shape index (κ2) is 5.58. The first-order valence-electron chi connectivity index (χ1n) is 6.62. The molecule has 1 nitrogen and oxygen atoms in total. The van der Waals surface area contributed by atoms with E-state index >= 15 is 0 Å². The number of rotatable bonds is 2. The first kappa shape index (κ1) is 13.8. The van der Waals surface area contributed by atoms with E-state index < -0.39 is 6.10 Å². The van der Waals surface area contributed by atoms with Crippen LogP contribution in [-0.2, 0) is 0 Å². The smallest absolute Gasteiger partial charge is 0.124 e. The Hall–Kier alpha value is -0.600. The molecule has 0 aliphatic heterocycles. The molecule has 1 aromatic rings. The molecule has 1 aromatic carbocycles. The summed E-state index contributed by atoms with van der Waals surface area (Å²) in [5.74, 6) is 1.22. The fourth-order valence-corrected chi connectivity index (χ4v) is 3.15. The lowest BCUT2D eigenvalue weighted by molar-refractivity contribution is 0.0561. The Balaban J connectivity index is 2.13. The molecule has 100 valence electrons. The van der Waals surface area contributed by atoms with Crippen molar-refractivity contribution < 1.29 is 9.50 Å². The summed E-state index contributed by atoms with van der Waals surface area (Å²) in [6, 6.07) is 4.24. The standard InChI is InChI=1S/C15H20ClFO/c1-9-3-4-11(7-10(9)2)15(18)13-6-5-12(17)8-14(13)16/h5-6,8-11,15,18H,3-4,7H2,1-2H3. The average Bonchev–Trinajstić information content (AvgIpc) is 2.32. The molecule has 1 aliphatic carbocycles. The number of benzene rings is 1. The van der Waals surface area contributed by atoms with Gasteiger partial charge in [0.05, 0.1) is 6.10 Å². The molecular formula is C15H20ClFO. The van der Waals surface area contributed by atoms with Crippen molar-refractivity contribution in [2.24, 2.45) is 17.8 Å². The Bertz CT molecular complexity index is 421. The molecule has 3 heteroatoms. The summed E-state index contributed by atoms with van der Waals surface area (Å²) >= 11 is 6.01. The second-order valence-electron chi connectivity index (χ2n) is 5.64. The van der Waals surface area contributed by atoms with Crippen LogP contribution < -0.4 is 0 Å². The van der Waals surface area contributed by atoms with E-state index in [0.29, 0.717) is 16.5 Å². The van der Waals surface area contributed by atoms with Gasteiger partial charge >= 0.3 is 0 Å². The van der Waals surface area contributed by atoms with Crippen LogP contribution in [0.15, 0.2) is 18.2 Å². The minimum Gasteiger partial charge on any atom is -0.388 e. The highest BCUT2D eigenvalue weighted by atomic mass is 35.5. The minimum absolute atomic E-state index is 0.235. The molecule has 0 aromatic heterocycles. The fraction of sp³-hybridized carbons (Fsp3) is 0.600. The number of aliphatic hydroxyl groups excluding tert-OH is 1. The van der Waals surface area contributed by atoms with E-state index in [0.717, 1.165) is 25.2 Å². The van der Waals surface area contributed by atoms with E-state index in [-0.39, 0.29) is 11.7 Å². The maximum absolute atomic E-state index is 13.0. The zero-order chi connectivity index (χ0) is 13.3. The van der Waals surface area contributed by atoms with Gasteiger partial charge in [-0.1, -0.05) is 37.9 Å². The monoisotopic (exact) mass is 270 g/mol. The maximum atomic E-state index is 13.0. The van der Waals surface area contributed by atoms with Gasteiger partial charge < -0.3 is 5.11 Å². The van der Waals surface area contributed by atoms with Crippen LogP contribution in [0.25, 0.3) is 0 Å². The van der Waals surface area contributed by atoms with Crippen LogP contribution in [0.4, 0.5) is 4.39 Å².